The van der Waals surface area contributed by atoms with Crippen molar-refractivity contribution in [3.63, 3.8) is 0 Å². The van der Waals surface area contributed by atoms with E-state index in [4.69, 9.17) is 16.3 Å². The second-order valence-electron chi connectivity index (χ2n) is 6.77. The Bertz CT molecular complexity index is 939. The Morgan fingerprint density at radius 1 is 1.26 bits per heavy atom. The van der Waals surface area contributed by atoms with Crippen LogP contribution >= 0.6 is 11.6 Å². The van der Waals surface area contributed by atoms with Crippen LogP contribution in [0.25, 0.3) is 0 Å². The quantitative estimate of drug-likeness (QED) is 0.825. The Morgan fingerprint density at radius 2 is 2.00 bits per heavy atom. The van der Waals surface area contributed by atoms with Crippen molar-refractivity contribution in [2.75, 3.05) is 6.61 Å². The SMILES string of the molecule is CCOC(=O)C1=NN[C@@]2(CCc3ccccc3C2=O)[C@@H]1c1ccc(Cl)cc1. The lowest BCUT2D eigenvalue weighted by Crippen LogP contribution is -2.55. The number of hydrazone groups is 1. The number of aryl methyl sites for hydroxylation is 1. The summed E-state index contributed by atoms with van der Waals surface area (Å²) in [5.74, 6) is -1.09. The number of hydrogen-bond donors (Lipinski definition) is 1. The molecule has 0 fully saturated rings. The molecule has 0 bridgehead atoms. The highest BCUT2D eigenvalue weighted by molar-refractivity contribution is 6.40. The van der Waals surface area contributed by atoms with Gasteiger partial charge in [0.15, 0.2) is 11.5 Å². The van der Waals surface area contributed by atoms with Gasteiger partial charge in [0.05, 0.1) is 12.5 Å². The van der Waals surface area contributed by atoms with E-state index in [2.05, 4.69) is 10.5 Å². The van der Waals surface area contributed by atoms with Crippen LogP contribution in [0.1, 0.15) is 40.7 Å². The molecular weight excluding hydrogens is 364 g/mol. The van der Waals surface area contributed by atoms with Crippen molar-refractivity contribution >= 4 is 29.1 Å². The van der Waals surface area contributed by atoms with Gasteiger partial charge in [-0.3, -0.25) is 10.2 Å². The monoisotopic (exact) mass is 382 g/mol. The molecule has 2 atom stereocenters. The number of nitrogens with one attached hydrogen (secondary N) is 1. The third kappa shape index (κ3) is 2.82. The van der Waals surface area contributed by atoms with Gasteiger partial charge in [0, 0.05) is 10.6 Å². The van der Waals surface area contributed by atoms with E-state index < -0.39 is 17.4 Å². The average Bonchev–Trinajstić information content (AvgIpc) is 3.06. The first-order chi connectivity index (χ1) is 13.1. The van der Waals surface area contributed by atoms with Crippen LogP contribution in [-0.4, -0.2) is 29.6 Å². The molecule has 0 saturated heterocycles. The molecule has 0 radical (unpaired) electrons. The lowest BCUT2D eigenvalue weighted by atomic mass is 9.67. The molecule has 0 amide bonds. The van der Waals surface area contributed by atoms with Crippen molar-refractivity contribution in [2.24, 2.45) is 5.10 Å². The van der Waals surface area contributed by atoms with Crippen LogP contribution in [-0.2, 0) is 16.0 Å². The second kappa shape index (κ2) is 6.82. The summed E-state index contributed by atoms with van der Waals surface area (Å²) in [5.41, 5.74) is 4.76. The summed E-state index contributed by atoms with van der Waals surface area (Å²) in [4.78, 5) is 26.0. The lowest BCUT2D eigenvalue weighted by Gasteiger charge is -2.37. The lowest BCUT2D eigenvalue weighted by molar-refractivity contribution is -0.135. The zero-order chi connectivity index (χ0) is 19.0. The van der Waals surface area contributed by atoms with Crippen molar-refractivity contribution in [1.29, 1.82) is 0 Å². The molecule has 27 heavy (non-hydrogen) atoms. The number of esters is 1. The molecule has 1 spiro atoms. The third-order valence-electron chi connectivity index (χ3n) is 5.29. The fraction of sp³-hybridized carbons (Fsp3) is 0.286. The van der Waals surface area contributed by atoms with E-state index in [1.54, 1.807) is 19.1 Å². The number of rotatable bonds is 3. The maximum Gasteiger partial charge on any atom is 0.355 e. The summed E-state index contributed by atoms with van der Waals surface area (Å²) in [5, 5.41) is 4.86. The van der Waals surface area contributed by atoms with E-state index in [0.29, 0.717) is 17.0 Å². The normalized spacial score (nSPS) is 23.6. The van der Waals surface area contributed by atoms with Crippen molar-refractivity contribution in [3.8, 4) is 0 Å². The minimum atomic E-state index is -0.996. The fourth-order valence-corrected chi connectivity index (χ4v) is 4.14. The predicted molar refractivity (Wildman–Crippen MR) is 103 cm³/mol. The van der Waals surface area contributed by atoms with Gasteiger partial charge in [-0.25, -0.2) is 4.79 Å². The van der Waals surface area contributed by atoms with Gasteiger partial charge >= 0.3 is 5.97 Å². The van der Waals surface area contributed by atoms with Crippen LogP contribution in [0.4, 0.5) is 0 Å². The van der Waals surface area contributed by atoms with Crippen LogP contribution in [0.15, 0.2) is 53.6 Å². The first-order valence-electron chi connectivity index (χ1n) is 8.97. The Kier molecular flexibility index (Phi) is 4.48. The average molecular weight is 383 g/mol. The smallest absolute Gasteiger partial charge is 0.355 e. The van der Waals surface area contributed by atoms with E-state index in [9.17, 15) is 9.59 Å². The second-order valence-corrected chi connectivity index (χ2v) is 7.21. The number of Topliss-reactive ketones (excluding diaryl/α,β-unsaturated/α-hetero) is 1. The number of ether oxygens (including phenoxy) is 1. The van der Waals surface area contributed by atoms with Gasteiger partial charge in [0.25, 0.3) is 0 Å². The number of fused-ring (bicyclic) bond motifs is 1. The van der Waals surface area contributed by atoms with Crippen molar-refractivity contribution in [1.82, 2.24) is 5.43 Å². The highest BCUT2D eigenvalue weighted by atomic mass is 35.5. The van der Waals surface area contributed by atoms with E-state index in [-0.39, 0.29) is 18.1 Å². The Labute approximate surface area is 162 Å². The van der Waals surface area contributed by atoms with E-state index in [1.807, 2.05) is 36.4 Å². The first-order valence-corrected chi connectivity index (χ1v) is 9.34. The number of carbonyl (C=O) groups is 2. The number of hydrogen-bond acceptors (Lipinski definition) is 5. The number of ketones is 1. The van der Waals surface area contributed by atoms with Gasteiger partial charge < -0.3 is 4.74 Å². The van der Waals surface area contributed by atoms with Gasteiger partial charge in [-0.05, 0) is 43.0 Å². The van der Waals surface area contributed by atoms with Crippen molar-refractivity contribution in [2.45, 2.75) is 31.2 Å². The Balaban J connectivity index is 1.82. The number of benzene rings is 2. The minimum Gasteiger partial charge on any atom is -0.461 e. The highest BCUT2D eigenvalue weighted by Crippen LogP contribution is 2.43. The van der Waals surface area contributed by atoms with Crippen LogP contribution in [0, 0.1) is 0 Å². The molecule has 138 valence electrons. The molecule has 0 saturated carbocycles. The molecule has 2 aliphatic rings. The molecule has 6 heteroatoms. The molecule has 1 aliphatic heterocycles. The molecule has 0 unspecified atom stereocenters. The van der Waals surface area contributed by atoms with E-state index in [0.717, 1.165) is 17.5 Å². The maximum absolute atomic E-state index is 13.5. The van der Waals surface area contributed by atoms with Gasteiger partial charge in [0.2, 0.25) is 0 Å². The van der Waals surface area contributed by atoms with E-state index in [1.165, 1.54) is 0 Å². The fourth-order valence-electron chi connectivity index (χ4n) is 4.02. The standard InChI is InChI=1S/C21H19ClN2O3/c1-2-27-20(26)18-17(14-7-9-15(22)10-8-14)21(24-23-18)12-11-13-5-3-4-6-16(13)19(21)25/h3-10,17,24H,2,11-12H2,1H3/t17-,21+/m1/s1. The van der Waals surface area contributed by atoms with Crippen molar-refractivity contribution in [3.05, 3.63) is 70.2 Å². The maximum atomic E-state index is 13.5. The van der Waals surface area contributed by atoms with Gasteiger partial charge in [-0.2, -0.15) is 5.10 Å². The molecule has 5 nitrogen and oxygen atoms in total. The minimum absolute atomic E-state index is 0.0488. The van der Waals surface area contributed by atoms with Gasteiger partial charge in [-0.15, -0.1) is 0 Å². The van der Waals surface area contributed by atoms with Crippen LogP contribution in [0.2, 0.25) is 5.02 Å². The summed E-state index contributed by atoms with van der Waals surface area (Å²) < 4.78 is 5.19. The topological polar surface area (TPSA) is 67.8 Å². The van der Waals surface area contributed by atoms with Crippen molar-refractivity contribution < 1.29 is 14.3 Å². The molecule has 1 aliphatic carbocycles. The van der Waals surface area contributed by atoms with Crippen LogP contribution in [0.5, 0.6) is 0 Å². The third-order valence-corrected chi connectivity index (χ3v) is 5.54. The molecule has 2 aromatic rings. The Morgan fingerprint density at radius 3 is 2.74 bits per heavy atom. The summed E-state index contributed by atoms with van der Waals surface area (Å²) in [6, 6.07) is 14.8. The van der Waals surface area contributed by atoms with Crippen LogP contribution < -0.4 is 5.43 Å². The zero-order valence-corrected chi connectivity index (χ0v) is 15.6. The number of carbonyl (C=O) groups excluding carboxylic acids is 2. The molecule has 1 heterocycles. The molecule has 2 aromatic carbocycles. The summed E-state index contributed by atoms with van der Waals surface area (Å²) >= 11 is 6.04. The number of nitrogens with zero attached hydrogens (tertiary/aromatic N) is 1. The molecule has 0 aromatic heterocycles. The summed E-state index contributed by atoms with van der Waals surface area (Å²) in [6.07, 6.45) is 1.27. The van der Waals surface area contributed by atoms with Crippen LogP contribution in [0.3, 0.4) is 0 Å². The van der Waals surface area contributed by atoms with E-state index >= 15 is 0 Å². The molecular formula is C21H19ClN2O3. The molecule has 4 rings (SSSR count). The zero-order valence-electron chi connectivity index (χ0n) is 14.9. The largest absolute Gasteiger partial charge is 0.461 e. The predicted octanol–water partition coefficient (Wildman–Crippen LogP) is 3.51. The van der Waals surface area contributed by atoms with Gasteiger partial charge in [-0.1, -0.05) is 48.0 Å². The number of halogens is 1. The summed E-state index contributed by atoms with van der Waals surface area (Å²) in [7, 11) is 0. The Hall–Kier alpha value is -2.66. The van der Waals surface area contributed by atoms with Gasteiger partial charge in [0.1, 0.15) is 5.54 Å². The molecule has 1 N–H and O–H groups in total. The first kappa shape index (κ1) is 17.7. The highest BCUT2D eigenvalue weighted by Gasteiger charge is 2.56. The summed E-state index contributed by atoms with van der Waals surface area (Å²) in [6.45, 7) is 1.99.